The molecule has 12 rings (SSSR count). The molecule has 0 radical (unpaired) electrons. The summed E-state index contributed by atoms with van der Waals surface area (Å²) in [5, 5.41) is 6.32. The van der Waals surface area contributed by atoms with E-state index in [4.69, 9.17) is 15.4 Å². The van der Waals surface area contributed by atoms with E-state index in [0.29, 0.717) is 5.69 Å². The van der Waals surface area contributed by atoms with Crippen molar-refractivity contribution >= 4 is 82.4 Å². The number of anilines is 3. The van der Waals surface area contributed by atoms with Crippen molar-refractivity contribution in [1.29, 1.82) is 0 Å². The van der Waals surface area contributed by atoms with Gasteiger partial charge in [-0.2, -0.15) is 0 Å². The van der Waals surface area contributed by atoms with Crippen LogP contribution in [0.5, 0.6) is 0 Å². The quantitative estimate of drug-likeness (QED) is 0.179. The van der Waals surface area contributed by atoms with Crippen molar-refractivity contribution in [2.24, 2.45) is 0 Å². The molecule has 0 fully saturated rings. The summed E-state index contributed by atoms with van der Waals surface area (Å²) in [6, 6.07) is 41.3. The number of rotatable bonds is 4. The van der Waals surface area contributed by atoms with E-state index < -0.39 is 24.2 Å². The minimum absolute atomic E-state index is 0.0561. The number of para-hydroxylation sites is 3. The van der Waals surface area contributed by atoms with Crippen molar-refractivity contribution in [3.8, 4) is 27.9 Å². The van der Waals surface area contributed by atoms with Crippen LogP contribution in [-0.2, 0) is 5.41 Å². The predicted octanol–water partition coefficient (Wildman–Crippen LogP) is 15.4. The van der Waals surface area contributed by atoms with Crippen LogP contribution in [0.4, 0.5) is 17.1 Å². The molecule has 0 N–H and O–H groups in total. The summed E-state index contributed by atoms with van der Waals surface area (Å²) >= 11 is 0. The summed E-state index contributed by atoms with van der Waals surface area (Å²) in [6.45, 7) is 6.68. The van der Waals surface area contributed by atoms with Crippen molar-refractivity contribution in [2.45, 2.75) is 26.2 Å². The third-order valence-corrected chi connectivity index (χ3v) is 11.6. The Hall–Kier alpha value is -7.10. The van der Waals surface area contributed by atoms with Gasteiger partial charge < -0.3 is 13.9 Å². The van der Waals surface area contributed by atoms with Crippen LogP contribution in [0.2, 0.25) is 0 Å². The van der Waals surface area contributed by atoms with Gasteiger partial charge in [0, 0.05) is 50.4 Å². The van der Waals surface area contributed by atoms with Crippen molar-refractivity contribution in [1.82, 2.24) is 4.57 Å². The summed E-state index contributed by atoms with van der Waals surface area (Å²) in [5.41, 5.74) is 11.1. The summed E-state index contributed by atoms with van der Waals surface area (Å²) < 4.78 is 77.5. The van der Waals surface area contributed by atoms with Gasteiger partial charge >= 0.3 is 0 Å². The maximum absolute atomic E-state index is 8.97. The molecule has 0 atom stereocenters. The predicted molar refractivity (Wildman–Crippen MR) is 241 cm³/mol. The van der Waals surface area contributed by atoms with Crippen LogP contribution in [0.15, 0.2) is 180 Å². The van der Waals surface area contributed by atoms with Crippen LogP contribution in [0, 0.1) is 0 Å². The monoisotopic (exact) mass is 738 g/mol. The summed E-state index contributed by atoms with van der Waals surface area (Å²) in [7, 11) is 0. The van der Waals surface area contributed by atoms with Crippen LogP contribution in [0.1, 0.15) is 37.3 Å². The molecule has 11 aromatic rings. The van der Waals surface area contributed by atoms with E-state index in [0.717, 1.165) is 82.8 Å². The highest BCUT2D eigenvalue weighted by molar-refractivity contribution is 6.13. The Morgan fingerprint density at radius 1 is 0.474 bits per heavy atom. The molecular formula is C54H38N2O. The second kappa shape index (κ2) is 11.7. The average molecular weight is 739 g/mol. The highest BCUT2D eigenvalue weighted by atomic mass is 16.3. The first-order valence-corrected chi connectivity index (χ1v) is 19.2. The van der Waals surface area contributed by atoms with E-state index >= 15 is 0 Å². The summed E-state index contributed by atoms with van der Waals surface area (Å²) in [4.78, 5) is 2.29. The number of fused-ring (bicyclic) bond motifs is 12. The van der Waals surface area contributed by atoms with Gasteiger partial charge in [0.25, 0.3) is 0 Å². The lowest BCUT2D eigenvalue weighted by atomic mass is 9.78. The van der Waals surface area contributed by atoms with Crippen molar-refractivity contribution in [3.63, 3.8) is 0 Å². The molecule has 0 saturated carbocycles. The van der Waals surface area contributed by atoms with Crippen LogP contribution < -0.4 is 4.90 Å². The zero-order chi connectivity index (χ0) is 45.0. The number of hydrogen-bond donors (Lipinski definition) is 0. The van der Waals surface area contributed by atoms with E-state index in [2.05, 4.69) is 117 Å². The van der Waals surface area contributed by atoms with Gasteiger partial charge in [-0.15, -0.1) is 0 Å². The highest BCUT2D eigenvalue weighted by Crippen LogP contribution is 2.51. The van der Waals surface area contributed by atoms with Gasteiger partial charge in [-0.25, -0.2) is 0 Å². The van der Waals surface area contributed by atoms with Gasteiger partial charge in [0.05, 0.1) is 22.0 Å². The molecule has 1 aliphatic rings. The minimum atomic E-state index is -0.461. The number of hydrogen-bond acceptors (Lipinski definition) is 2. The zero-order valence-electron chi connectivity index (χ0n) is 39.4. The lowest BCUT2D eigenvalue weighted by Gasteiger charge is -2.29. The average Bonchev–Trinajstić information content (AvgIpc) is 3.87. The topological polar surface area (TPSA) is 21.3 Å². The first kappa shape index (κ1) is 25.1. The maximum atomic E-state index is 8.97. The molecular weight excluding hydrogens is 693 g/mol. The largest absolute Gasteiger partial charge is 0.456 e. The van der Waals surface area contributed by atoms with E-state index in [1.807, 2.05) is 36.4 Å². The zero-order valence-corrected chi connectivity index (χ0v) is 31.4. The van der Waals surface area contributed by atoms with Crippen LogP contribution >= 0.6 is 0 Å². The standard InChI is InChI=1S/C54H38N2O/c1-54(2,3)37-11-10-12-38(31-37)55(41-23-24-45-44-15-6-9-18-52(44)57-53(45)32-41)39-21-19-33-27-46-47-28-34-20-22-40(26-36(34)30-49(47)48(46)29-35(33)25-39)56-50-16-7-4-13-42(50)43-14-5-8-17-51(43)56/h4-32H,1-3H3/i4D,5D,7D,8D,13D,14D,16D,17D. The Bertz CT molecular complexity index is 3860. The first-order valence-electron chi connectivity index (χ1n) is 23.2. The molecule has 0 aliphatic heterocycles. The molecule has 0 saturated heterocycles. The molecule has 1 aliphatic carbocycles. The highest BCUT2D eigenvalue weighted by Gasteiger charge is 2.25. The third kappa shape index (κ3) is 4.85. The van der Waals surface area contributed by atoms with E-state index in [1.54, 1.807) is 4.57 Å². The number of aromatic nitrogens is 1. The van der Waals surface area contributed by atoms with Crippen molar-refractivity contribution in [3.05, 3.63) is 181 Å². The second-order valence-corrected chi connectivity index (χ2v) is 16.1. The Balaban J connectivity index is 1.00. The molecule has 0 spiro atoms. The SMILES string of the molecule is [2H]c1c([2H])c([2H])c2c(c1[2H])c1c([2H])c([2H])c([2H])c([2H])c1n2-c1ccc2cc3c(cc2c1)-c1cc2cc(N(c4cccc(C(C)(C)C)c4)c4ccc5c(c4)oc4ccccc45)ccc2cc1-3. The third-order valence-electron chi connectivity index (χ3n) is 11.6. The molecule has 2 heterocycles. The Labute approximate surface area is 341 Å². The Morgan fingerprint density at radius 3 is 1.77 bits per heavy atom. The summed E-state index contributed by atoms with van der Waals surface area (Å²) in [6.07, 6.45) is 0. The van der Waals surface area contributed by atoms with Crippen LogP contribution in [0.25, 0.3) is 93.2 Å². The molecule has 0 amide bonds. The van der Waals surface area contributed by atoms with Gasteiger partial charge in [-0.1, -0.05) is 99.5 Å². The second-order valence-electron chi connectivity index (χ2n) is 16.1. The Morgan fingerprint density at radius 2 is 1.05 bits per heavy atom. The van der Waals surface area contributed by atoms with Crippen molar-refractivity contribution in [2.75, 3.05) is 4.90 Å². The molecule has 9 aromatic carbocycles. The fourth-order valence-corrected chi connectivity index (χ4v) is 8.77. The van der Waals surface area contributed by atoms with Crippen LogP contribution in [-0.4, -0.2) is 4.57 Å². The van der Waals surface area contributed by atoms with Crippen molar-refractivity contribution < 1.29 is 15.4 Å². The fraction of sp³-hybridized carbons (Fsp3) is 0.0741. The molecule has 270 valence electrons. The first-order chi connectivity index (χ1) is 31.2. The smallest absolute Gasteiger partial charge is 0.137 e. The maximum Gasteiger partial charge on any atom is 0.137 e. The lowest BCUT2D eigenvalue weighted by molar-refractivity contribution is 0.590. The molecule has 57 heavy (non-hydrogen) atoms. The normalized spacial score (nSPS) is 14.4. The Kier molecular flexibility index (Phi) is 5.16. The van der Waals surface area contributed by atoms with Gasteiger partial charge in [-0.3, -0.25) is 0 Å². The van der Waals surface area contributed by atoms with E-state index in [-0.39, 0.29) is 51.4 Å². The van der Waals surface area contributed by atoms with E-state index in [9.17, 15) is 0 Å². The van der Waals surface area contributed by atoms with Gasteiger partial charge in [0.2, 0.25) is 0 Å². The number of furan rings is 1. The lowest BCUT2D eigenvalue weighted by Crippen LogP contribution is -2.14. The molecule has 2 aromatic heterocycles. The van der Waals surface area contributed by atoms with E-state index in [1.165, 1.54) is 5.56 Å². The van der Waals surface area contributed by atoms with Crippen LogP contribution in [0.3, 0.4) is 0 Å². The number of benzene rings is 9. The molecule has 0 bridgehead atoms. The molecule has 3 heteroatoms. The van der Waals surface area contributed by atoms with Gasteiger partial charge in [0.1, 0.15) is 11.2 Å². The minimum Gasteiger partial charge on any atom is -0.456 e. The van der Waals surface area contributed by atoms with Gasteiger partial charge in [0.15, 0.2) is 0 Å². The molecule has 0 unspecified atom stereocenters. The molecule has 3 nitrogen and oxygen atoms in total. The van der Waals surface area contributed by atoms with Gasteiger partial charge in [-0.05, 0) is 146 Å². The fourth-order valence-electron chi connectivity index (χ4n) is 8.77. The number of nitrogens with zero attached hydrogens (tertiary/aromatic N) is 2. The summed E-state index contributed by atoms with van der Waals surface area (Å²) in [5.74, 6) is 0.